The van der Waals surface area contributed by atoms with Crippen LogP contribution in [-0.4, -0.2) is 23.5 Å². The zero-order valence-corrected chi connectivity index (χ0v) is 14.3. The highest BCUT2D eigenvalue weighted by molar-refractivity contribution is 5.94. The van der Waals surface area contributed by atoms with Crippen LogP contribution in [0.5, 0.6) is 5.75 Å². The van der Waals surface area contributed by atoms with Crippen molar-refractivity contribution in [3.63, 3.8) is 0 Å². The minimum Gasteiger partial charge on any atom is -0.487 e. The van der Waals surface area contributed by atoms with E-state index in [4.69, 9.17) is 4.74 Å². The molecule has 3 aromatic rings. The second kappa shape index (κ2) is 7.15. The van der Waals surface area contributed by atoms with Crippen molar-refractivity contribution >= 4 is 5.91 Å². The van der Waals surface area contributed by atoms with Crippen LogP contribution in [0.1, 0.15) is 15.9 Å². The molecule has 1 atom stereocenters. The van der Waals surface area contributed by atoms with Crippen LogP contribution in [0.15, 0.2) is 60.8 Å². The minimum absolute atomic E-state index is 0.258. The Morgan fingerprint density at radius 2 is 1.93 bits per heavy atom. The van der Waals surface area contributed by atoms with E-state index in [0.717, 1.165) is 5.56 Å². The average molecular weight is 366 g/mol. The van der Waals surface area contributed by atoms with E-state index in [0.29, 0.717) is 29.0 Å². The number of nitrogens with one attached hydrogen (secondary N) is 1. The molecule has 0 bridgehead atoms. The Morgan fingerprint density at radius 3 is 2.67 bits per heavy atom. The van der Waals surface area contributed by atoms with E-state index in [2.05, 4.69) is 10.3 Å². The van der Waals surface area contributed by atoms with Gasteiger partial charge in [0.1, 0.15) is 23.5 Å². The molecular weight excluding hydrogens is 350 g/mol. The Hall–Kier alpha value is -3.28. The highest BCUT2D eigenvalue weighted by Crippen LogP contribution is 2.38. The lowest BCUT2D eigenvalue weighted by Gasteiger charge is -2.13. The zero-order valence-electron chi connectivity index (χ0n) is 14.3. The lowest BCUT2D eigenvalue weighted by Crippen LogP contribution is -2.34. The number of rotatable bonds is 4. The molecule has 27 heavy (non-hydrogen) atoms. The number of aromatic nitrogens is 1. The normalized spacial score (nSPS) is 15.1. The minimum atomic E-state index is -0.398. The van der Waals surface area contributed by atoms with Gasteiger partial charge in [-0.05, 0) is 48.5 Å². The molecule has 1 aliphatic rings. The summed E-state index contributed by atoms with van der Waals surface area (Å²) < 4.78 is 32.9. The molecule has 6 heteroatoms. The van der Waals surface area contributed by atoms with E-state index >= 15 is 0 Å². The second-order valence-corrected chi connectivity index (χ2v) is 6.32. The van der Waals surface area contributed by atoms with Gasteiger partial charge in [0, 0.05) is 29.3 Å². The third-order valence-electron chi connectivity index (χ3n) is 4.40. The highest BCUT2D eigenvalue weighted by atomic mass is 19.1. The van der Waals surface area contributed by atoms with Crippen molar-refractivity contribution < 1.29 is 18.3 Å². The van der Waals surface area contributed by atoms with Gasteiger partial charge in [0.25, 0.3) is 5.91 Å². The molecule has 1 N–H and O–H groups in total. The number of ether oxygens (including phenoxy) is 1. The molecule has 1 aromatic heterocycles. The third-order valence-corrected chi connectivity index (χ3v) is 4.40. The van der Waals surface area contributed by atoms with Gasteiger partial charge in [0.2, 0.25) is 0 Å². The number of pyridine rings is 1. The lowest BCUT2D eigenvalue weighted by molar-refractivity contribution is 0.0933. The monoisotopic (exact) mass is 366 g/mol. The number of carbonyl (C=O) groups excluding carboxylic acids is 1. The molecule has 0 aliphatic carbocycles. The molecule has 0 saturated heterocycles. The summed E-state index contributed by atoms with van der Waals surface area (Å²) in [6.45, 7) is 0.258. The SMILES string of the molecule is O=C(NC[C@H]1Cc2cc(F)cc(-c3ccccn3)c2O1)c1ccc(F)cc1. The molecule has 1 aliphatic heterocycles. The Kier molecular flexibility index (Phi) is 4.54. The first kappa shape index (κ1) is 17.1. The highest BCUT2D eigenvalue weighted by Gasteiger charge is 2.27. The summed E-state index contributed by atoms with van der Waals surface area (Å²) in [5.41, 5.74) is 2.34. The van der Waals surface area contributed by atoms with Crippen LogP contribution in [0.3, 0.4) is 0 Å². The molecule has 0 saturated carbocycles. The molecule has 0 spiro atoms. The van der Waals surface area contributed by atoms with Crippen molar-refractivity contribution in [3.8, 4) is 17.0 Å². The summed E-state index contributed by atoms with van der Waals surface area (Å²) in [7, 11) is 0. The summed E-state index contributed by atoms with van der Waals surface area (Å²) in [4.78, 5) is 16.4. The molecule has 1 amide bonds. The second-order valence-electron chi connectivity index (χ2n) is 6.32. The van der Waals surface area contributed by atoms with Crippen LogP contribution >= 0.6 is 0 Å². The standard InChI is InChI=1S/C21H16F2N2O2/c22-15-6-4-13(5-7-15)21(26)25-12-17-10-14-9-16(23)11-18(20(14)27-17)19-3-1-2-8-24-19/h1-9,11,17H,10,12H2,(H,25,26)/t17-/m1/s1. The summed E-state index contributed by atoms with van der Waals surface area (Å²) in [6, 6.07) is 13.6. The quantitative estimate of drug-likeness (QED) is 0.765. The van der Waals surface area contributed by atoms with Crippen molar-refractivity contribution in [1.29, 1.82) is 0 Å². The predicted molar refractivity (Wildman–Crippen MR) is 96.5 cm³/mol. The number of amides is 1. The molecule has 0 unspecified atom stereocenters. The number of nitrogens with zero attached hydrogens (tertiary/aromatic N) is 1. The lowest BCUT2D eigenvalue weighted by atomic mass is 10.0. The van der Waals surface area contributed by atoms with Gasteiger partial charge >= 0.3 is 0 Å². The van der Waals surface area contributed by atoms with Crippen molar-refractivity contribution in [2.75, 3.05) is 6.54 Å². The summed E-state index contributed by atoms with van der Waals surface area (Å²) in [6.07, 6.45) is 1.81. The first-order valence-corrected chi connectivity index (χ1v) is 8.54. The average Bonchev–Trinajstić information content (AvgIpc) is 3.09. The Labute approximate surface area is 154 Å². The zero-order chi connectivity index (χ0) is 18.8. The summed E-state index contributed by atoms with van der Waals surface area (Å²) in [5.74, 6) is -0.471. The molecule has 4 nitrogen and oxygen atoms in total. The van der Waals surface area contributed by atoms with Crippen molar-refractivity contribution in [3.05, 3.63) is 83.6 Å². The number of benzene rings is 2. The van der Waals surface area contributed by atoms with E-state index in [1.165, 1.54) is 36.4 Å². The van der Waals surface area contributed by atoms with Crippen LogP contribution in [0.25, 0.3) is 11.3 Å². The van der Waals surface area contributed by atoms with Crippen molar-refractivity contribution in [1.82, 2.24) is 10.3 Å². The maximum atomic E-state index is 14.0. The fraction of sp³-hybridized carbons (Fsp3) is 0.143. The van der Waals surface area contributed by atoms with Crippen LogP contribution in [0.2, 0.25) is 0 Å². The number of carbonyl (C=O) groups is 1. The van der Waals surface area contributed by atoms with E-state index in [9.17, 15) is 13.6 Å². The summed E-state index contributed by atoms with van der Waals surface area (Å²) >= 11 is 0. The Morgan fingerprint density at radius 1 is 1.11 bits per heavy atom. The molecule has 0 fully saturated rings. The van der Waals surface area contributed by atoms with Crippen LogP contribution in [-0.2, 0) is 6.42 Å². The molecule has 2 heterocycles. The van der Waals surface area contributed by atoms with Gasteiger partial charge in [0.05, 0.1) is 12.2 Å². The van der Waals surface area contributed by atoms with E-state index in [1.807, 2.05) is 6.07 Å². The molecule has 4 rings (SSSR count). The molecular formula is C21H16F2N2O2. The van der Waals surface area contributed by atoms with Crippen molar-refractivity contribution in [2.45, 2.75) is 12.5 Å². The Bertz CT molecular complexity index is 975. The van der Waals surface area contributed by atoms with Gasteiger partial charge in [-0.25, -0.2) is 8.78 Å². The van der Waals surface area contributed by atoms with Crippen LogP contribution in [0.4, 0.5) is 8.78 Å². The van der Waals surface area contributed by atoms with E-state index < -0.39 is 5.82 Å². The number of fused-ring (bicyclic) bond motifs is 1. The first-order chi connectivity index (χ1) is 13.1. The van der Waals surface area contributed by atoms with Crippen LogP contribution < -0.4 is 10.1 Å². The first-order valence-electron chi connectivity index (χ1n) is 8.54. The van der Waals surface area contributed by atoms with Gasteiger partial charge in [-0.15, -0.1) is 0 Å². The number of halogens is 2. The maximum Gasteiger partial charge on any atom is 0.251 e. The topological polar surface area (TPSA) is 51.2 Å². The van der Waals surface area contributed by atoms with E-state index in [1.54, 1.807) is 18.3 Å². The third kappa shape index (κ3) is 3.65. The van der Waals surface area contributed by atoms with Crippen molar-refractivity contribution in [2.24, 2.45) is 0 Å². The van der Waals surface area contributed by atoms with Gasteiger partial charge in [-0.1, -0.05) is 6.07 Å². The predicted octanol–water partition coefficient (Wildman–Crippen LogP) is 3.76. The van der Waals surface area contributed by atoms with E-state index in [-0.39, 0.29) is 24.4 Å². The molecule has 2 aromatic carbocycles. The number of hydrogen-bond acceptors (Lipinski definition) is 3. The largest absolute Gasteiger partial charge is 0.487 e. The molecule has 0 radical (unpaired) electrons. The van der Waals surface area contributed by atoms with Gasteiger partial charge in [-0.2, -0.15) is 0 Å². The number of hydrogen-bond donors (Lipinski definition) is 1. The fourth-order valence-corrected chi connectivity index (χ4v) is 3.13. The smallest absolute Gasteiger partial charge is 0.251 e. The van der Waals surface area contributed by atoms with Gasteiger partial charge in [-0.3, -0.25) is 9.78 Å². The van der Waals surface area contributed by atoms with Gasteiger partial charge in [0.15, 0.2) is 0 Å². The fourth-order valence-electron chi connectivity index (χ4n) is 3.13. The maximum absolute atomic E-state index is 14.0. The van der Waals surface area contributed by atoms with Gasteiger partial charge < -0.3 is 10.1 Å². The summed E-state index contributed by atoms with van der Waals surface area (Å²) in [5, 5.41) is 2.77. The Balaban J connectivity index is 1.48. The van der Waals surface area contributed by atoms with Crippen LogP contribution in [0, 0.1) is 11.6 Å². The molecule has 136 valence electrons.